The minimum absolute atomic E-state index is 0.914. The van der Waals surface area contributed by atoms with E-state index in [4.69, 9.17) is 26.3 Å². The van der Waals surface area contributed by atoms with Gasteiger partial charge in [0.25, 0.3) is 15.3 Å². The van der Waals surface area contributed by atoms with Crippen molar-refractivity contribution in [1.29, 1.82) is 0 Å². The lowest BCUT2D eigenvalue weighted by Crippen LogP contribution is -2.38. The van der Waals surface area contributed by atoms with Gasteiger partial charge in [-0.3, -0.25) is 0 Å². The lowest BCUT2D eigenvalue weighted by molar-refractivity contribution is 0.581. The molecule has 5 heteroatoms. The molecule has 0 aromatic carbocycles. The predicted molar refractivity (Wildman–Crippen MR) is 52.4 cm³/mol. The highest BCUT2D eigenvalue weighted by atomic mass is 35.6. The second-order valence-electron chi connectivity index (χ2n) is 2.92. The van der Waals surface area contributed by atoms with Gasteiger partial charge < -0.3 is 4.12 Å². The quantitative estimate of drug-likeness (QED) is 0.520. The Balaban J connectivity index is 3.89. The first-order valence-corrected chi connectivity index (χ1v) is 10.9. The molecule has 0 amide bonds. The average Bonchev–Trinajstić information content (AvgIpc) is 1.60. The summed E-state index contributed by atoms with van der Waals surface area (Å²) in [6.45, 7) is 7.90. The fourth-order valence-electron chi connectivity index (χ4n) is 0.578. The minimum Gasteiger partial charge on any atom is -0.433 e. The van der Waals surface area contributed by atoms with Gasteiger partial charge in [0.2, 0.25) is 0 Å². The number of halogens is 2. The Morgan fingerprint density at radius 2 is 1.60 bits per heavy atom. The van der Waals surface area contributed by atoms with Crippen molar-refractivity contribution in [3.63, 3.8) is 0 Å². The van der Waals surface area contributed by atoms with Crippen molar-refractivity contribution >= 4 is 37.4 Å². The van der Waals surface area contributed by atoms with Gasteiger partial charge in [0.05, 0.1) is 0 Å². The van der Waals surface area contributed by atoms with E-state index >= 15 is 0 Å². The van der Waals surface area contributed by atoms with Crippen LogP contribution in [0.5, 0.6) is 0 Å². The summed E-state index contributed by atoms with van der Waals surface area (Å²) in [5, 5.41) is 0. The number of rotatable bonds is 3. The summed E-state index contributed by atoms with van der Waals surface area (Å²) in [6.07, 6.45) is 0. The molecule has 0 bridgehead atoms. The van der Waals surface area contributed by atoms with Crippen LogP contribution >= 0.6 is 22.2 Å². The van der Waals surface area contributed by atoms with Crippen molar-refractivity contribution in [2.45, 2.75) is 32.6 Å². The Hall–Kier alpha value is 0.974. The molecule has 62 valence electrons. The van der Waals surface area contributed by atoms with E-state index in [1.807, 2.05) is 26.6 Å². The molecule has 1 unspecified atom stereocenters. The van der Waals surface area contributed by atoms with E-state index in [1.54, 1.807) is 0 Å². The molecule has 0 heterocycles. The van der Waals surface area contributed by atoms with Crippen LogP contribution < -0.4 is 0 Å². The van der Waals surface area contributed by atoms with E-state index < -0.39 is 15.3 Å². The summed E-state index contributed by atoms with van der Waals surface area (Å²) in [4.78, 5) is 0. The molecule has 0 fully saturated rings. The van der Waals surface area contributed by atoms with Gasteiger partial charge in [-0.1, -0.05) is 6.92 Å². The zero-order valence-electron chi connectivity index (χ0n) is 6.87. The van der Waals surface area contributed by atoms with Gasteiger partial charge >= 0.3 is 0 Å². The molecule has 0 spiro atoms. The van der Waals surface area contributed by atoms with E-state index in [1.165, 1.54) is 0 Å². The van der Waals surface area contributed by atoms with E-state index in [0.717, 1.165) is 6.04 Å². The number of hydrogen-bond donors (Lipinski definition) is 0. The van der Waals surface area contributed by atoms with Gasteiger partial charge in [0.1, 0.15) is 0 Å². The molecule has 0 N–H and O–H groups in total. The molecule has 0 saturated carbocycles. The molecule has 0 aliphatic carbocycles. The fraction of sp³-hybridized carbons (Fsp3) is 1.00. The van der Waals surface area contributed by atoms with Crippen molar-refractivity contribution in [1.82, 2.24) is 0 Å². The molecule has 0 radical (unpaired) electrons. The van der Waals surface area contributed by atoms with Gasteiger partial charge in [-0.25, -0.2) is 0 Å². The lowest BCUT2D eigenvalue weighted by atomic mass is 11.0. The van der Waals surface area contributed by atoms with Crippen LogP contribution in [0.4, 0.5) is 0 Å². The molecule has 0 aliphatic heterocycles. The van der Waals surface area contributed by atoms with Crippen LogP contribution in [0.1, 0.15) is 6.92 Å². The molecule has 0 rings (SSSR count). The summed E-state index contributed by atoms with van der Waals surface area (Å²) in [5.74, 6) is 0. The Bertz CT molecular complexity index is 111. The largest absolute Gasteiger partial charge is 0.433 e. The highest BCUT2D eigenvalue weighted by Gasteiger charge is 2.32. The van der Waals surface area contributed by atoms with Crippen LogP contribution in [-0.2, 0) is 4.12 Å². The van der Waals surface area contributed by atoms with Crippen LogP contribution in [0.3, 0.4) is 0 Å². The standard InChI is InChI=1S/C5H14Cl2OSi2/c1-5-10(4,7)8-9(2,3)6/h5H2,1-4H3. The third-order valence-electron chi connectivity index (χ3n) is 1.09. The highest BCUT2D eigenvalue weighted by molar-refractivity contribution is 7.25. The molecule has 0 aliphatic rings. The molecule has 0 saturated heterocycles. The van der Waals surface area contributed by atoms with Crippen molar-refractivity contribution < 1.29 is 4.12 Å². The lowest BCUT2D eigenvalue weighted by Gasteiger charge is -2.25. The van der Waals surface area contributed by atoms with Gasteiger partial charge in [-0.15, -0.1) is 22.2 Å². The SMILES string of the molecule is CC[Si](C)(Cl)O[Si](C)(C)Cl. The van der Waals surface area contributed by atoms with Crippen LogP contribution in [0, 0.1) is 0 Å². The van der Waals surface area contributed by atoms with Gasteiger partial charge in [-0.05, 0) is 25.7 Å². The van der Waals surface area contributed by atoms with Crippen molar-refractivity contribution in [3.05, 3.63) is 0 Å². The van der Waals surface area contributed by atoms with Crippen LogP contribution in [0.2, 0.25) is 25.7 Å². The van der Waals surface area contributed by atoms with Crippen molar-refractivity contribution in [3.8, 4) is 0 Å². The van der Waals surface area contributed by atoms with E-state index in [9.17, 15) is 0 Å². The zero-order chi connectivity index (χ0) is 8.41. The average molecular weight is 217 g/mol. The molecule has 1 nitrogen and oxygen atoms in total. The molecule has 0 aromatic rings. The fourth-order valence-corrected chi connectivity index (χ4v) is 8.83. The van der Waals surface area contributed by atoms with Gasteiger partial charge in [0.15, 0.2) is 0 Å². The molecular weight excluding hydrogens is 203 g/mol. The van der Waals surface area contributed by atoms with Crippen LogP contribution in [0.15, 0.2) is 0 Å². The van der Waals surface area contributed by atoms with Crippen LogP contribution in [-0.4, -0.2) is 15.3 Å². The van der Waals surface area contributed by atoms with E-state index in [0.29, 0.717) is 0 Å². The minimum atomic E-state index is -1.91. The molecule has 1 atom stereocenters. The predicted octanol–water partition coefficient (Wildman–Crippen LogP) is 3.27. The molecular formula is C5H14Cl2OSi2. The van der Waals surface area contributed by atoms with Crippen molar-refractivity contribution in [2.75, 3.05) is 0 Å². The Labute approximate surface area is 74.3 Å². The maximum absolute atomic E-state index is 6.07. The summed E-state index contributed by atoms with van der Waals surface area (Å²) < 4.78 is 5.58. The maximum Gasteiger partial charge on any atom is 0.277 e. The number of hydrogen-bond acceptors (Lipinski definition) is 1. The topological polar surface area (TPSA) is 9.23 Å². The summed E-state index contributed by atoms with van der Waals surface area (Å²) in [6, 6.07) is 0.914. The van der Waals surface area contributed by atoms with Gasteiger partial charge in [-0.2, -0.15) is 0 Å². The summed E-state index contributed by atoms with van der Waals surface area (Å²) in [7, 11) is -3.82. The monoisotopic (exact) mass is 216 g/mol. The highest BCUT2D eigenvalue weighted by Crippen LogP contribution is 2.23. The van der Waals surface area contributed by atoms with E-state index in [-0.39, 0.29) is 0 Å². The first-order valence-electron chi connectivity index (χ1n) is 3.35. The third-order valence-corrected chi connectivity index (χ3v) is 8.18. The molecule has 10 heavy (non-hydrogen) atoms. The normalized spacial score (nSPS) is 18.6. The summed E-state index contributed by atoms with van der Waals surface area (Å²) in [5.41, 5.74) is 0. The zero-order valence-corrected chi connectivity index (χ0v) is 10.4. The van der Waals surface area contributed by atoms with Crippen LogP contribution in [0.25, 0.3) is 0 Å². The first kappa shape index (κ1) is 11.0. The first-order chi connectivity index (χ1) is 4.27. The van der Waals surface area contributed by atoms with E-state index in [2.05, 4.69) is 0 Å². The maximum atomic E-state index is 6.07. The summed E-state index contributed by atoms with van der Waals surface area (Å²) >= 11 is 12.0. The second-order valence-corrected chi connectivity index (χ2v) is 14.5. The third kappa shape index (κ3) is 5.74. The van der Waals surface area contributed by atoms with Gasteiger partial charge in [0, 0.05) is 0 Å². The van der Waals surface area contributed by atoms with Crippen molar-refractivity contribution in [2.24, 2.45) is 0 Å². The second kappa shape index (κ2) is 3.58. The Kier molecular flexibility index (Phi) is 3.93. The smallest absolute Gasteiger partial charge is 0.277 e. The Morgan fingerprint density at radius 3 is 1.70 bits per heavy atom. The Morgan fingerprint density at radius 1 is 1.20 bits per heavy atom. The molecule has 0 aromatic heterocycles.